The molecule has 8 nitrogen and oxygen atoms in total. The Balaban J connectivity index is 1.45. The number of halogens is 1. The van der Waals surface area contributed by atoms with Crippen molar-refractivity contribution in [2.24, 2.45) is 0 Å². The number of carbonyl (C=O) groups excluding carboxylic acids is 3. The maximum atomic E-state index is 13.2. The van der Waals surface area contributed by atoms with Crippen LogP contribution in [0.4, 0.5) is 11.4 Å². The first-order valence-corrected chi connectivity index (χ1v) is 13.8. The third-order valence-corrected chi connectivity index (χ3v) is 7.37. The van der Waals surface area contributed by atoms with Crippen molar-refractivity contribution >= 4 is 58.5 Å². The van der Waals surface area contributed by atoms with Crippen LogP contribution in [0.1, 0.15) is 28.6 Å². The lowest BCUT2D eigenvalue weighted by atomic mass is 10.2. The number of thioether (sulfide) groups is 1. The molecule has 3 aromatic carbocycles. The lowest BCUT2D eigenvalue weighted by Gasteiger charge is -2.16. The number of hydrogen-bond donors (Lipinski definition) is 3. The van der Waals surface area contributed by atoms with Gasteiger partial charge in [0.1, 0.15) is 17.2 Å². The van der Waals surface area contributed by atoms with E-state index in [1.54, 1.807) is 79.7 Å². The number of carbonyl (C=O) groups is 3. The van der Waals surface area contributed by atoms with E-state index in [4.69, 9.17) is 20.8 Å². The van der Waals surface area contributed by atoms with Gasteiger partial charge in [-0.05, 0) is 67.9 Å². The van der Waals surface area contributed by atoms with Gasteiger partial charge in [-0.2, -0.15) is 0 Å². The largest absolute Gasteiger partial charge is 0.495 e. The predicted octanol–water partition coefficient (Wildman–Crippen LogP) is 6.78. The number of anilines is 2. The van der Waals surface area contributed by atoms with E-state index in [0.717, 1.165) is 10.5 Å². The number of furan rings is 1. The molecule has 4 aromatic rings. The molecule has 210 valence electrons. The highest BCUT2D eigenvalue weighted by Crippen LogP contribution is 2.32. The minimum Gasteiger partial charge on any atom is -0.495 e. The number of rotatable bonds is 10. The molecule has 1 heterocycles. The maximum Gasteiger partial charge on any atom is 0.272 e. The van der Waals surface area contributed by atoms with Crippen LogP contribution in [0, 0.1) is 6.92 Å². The van der Waals surface area contributed by atoms with Crippen molar-refractivity contribution in [2.75, 3.05) is 17.7 Å². The van der Waals surface area contributed by atoms with E-state index in [1.807, 2.05) is 13.0 Å². The summed E-state index contributed by atoms with van der Waals surface area (Å²) in [5, 5.41) is 8.45. The smallest absolute Gasteiger partial charge is 0.272 e. The van der Waals surface area contributed by atoms with Gasteiger partial charge in [0.05, 0.1) is 24.3 Å². The Kier molecular flexibility index (Phi) is 9.89. The number of hydrogen-bond acceptors (Lipinski definition) is 6. The van der Waals surface area contributed by atoms with Gasteiger partial charge in [-0.25, -0.2) is 0 Å². The number of aryl methyl sites for hydroxylation is 1. The van der Waals surface area contributed by atoms with Gasteiger partial charge in [0.25, 0.3) is 11.8 Å². The van der Waals surface area contributed by atoms with Crippen LogP contribution in [0.15, 0.2) is 100 Å². The summed E-state index contributed by atoms with van der Waals surface area (Å²) in [5.41, 5.74) is 2.24. The van der Waals surface area contributed by atoms with Crippen LogP contribution in [-0.2, 0) is 9.59 Å². The SMILES string of the molecule is COc1cc(Cl)c(C)cc1NC(=O)C(C)Sc1cccc(NC(=O)/C(=C/c2ccco2)NC(=O)c2ccccc2)c1. The zero-order valence-electron chi connectivity index (χ0n) is 22.6. The fraction of sp³-hybridized carbons (Fsp3) is 0.129. The average Bonchev–Trinajstić information content (AvgIpc) is 3.48. The second kappa shape index (κ2) is 13.7. The predicted molar refractivity (Wildman–Crippen MR) is 162 cm³/mol. The molecule has 0 fully saturated rings. The highest BCUT2D eigenvalue weighted by molar-refractivity contribution is 8.00. The molecular weight excluding hydrogens is 562 g/mol. The van der Waals surface area contributed by atoms with Gasteiger partial charge in [0.15, 0.2) is 0 Å². The first kappa shape index (κ1) is 29.5. The number of amides is 3. The van der Waals surface area contributed by atoms with Crippen LogP contribution in [0.5, 0.6) is 5.75 Å². The fourth-order valence-corrected chi connectivity index (χ4v) is 4.81. The molecule has 3 N–H and O–H groups in total. The Hall–Kier alpha value is -4.47. The van der Waals surface area contributed by atoms with E-state index < -0.39 is 17.1 Å². The van der Waals surface area contributed by atoms with Crippen molar-refractivity contribution in [2.45, 2.75) is 24.0 Å². The van der Waals surface area contributed by atoms with Crippen LogP contribution in [0.3, 0.4) is 0 Å². The van der Waals surface area contributed by atoms with Crippen LogP contribution < -0.4 is 20.7 Å². The molecule has 10 heteroatoms. The van der Waals surface area contributed by atoms with Gasteiger partial charge < -0.3 is 25.1 Å². The summed E-state index contributed by atoms with van der Waals surface area (Å²) in [6.45, 7) is 3.63. The third-order valence-electron chi connectivity index (χ3n) is 5.87. The van der Waals surface area contributed by atoms with Crippen LogP contribution in [0.2, 0.25) is 5.02 Å². The maximum absolute atomic E-state index is 13.2. The average molecular weight is 590 g/mol. The van der Waals surface area contributed by atoms with Crippen molar-refractivity contribution in [1.82, 2.24) is 5.32 Å². The van der Waals surface area contributed by atoms with Crippen molar-refractivity contribution in [3.63, 3.8) is 0 Å². The van der Waals surface area contributed by atoms with E-state index in [9.17, 15) is 14.4 Å². The third kappa shape index (κ3) is 8.03. The second-order valence-electron chi connectivity index (χ2n) is 8.93. The molecule has 0 aliphatic carbocycles. The molecule has 1 unspecified atom stereocenters. The minimum atomic E-state index is -0.538. The Morgan fingerprint density at radius 2 is 1.76 bits per heavy atom. The van der Waals surface area contributed by atoms with E-state index in [2.05, 4.69) is 16.0 Å². The Morgan fingerprint density at radius 1 is 0.976 bits per heavy atom. The van der Waals surface area contributed by atoms with E-state index in [0.29, 0.717) is 33.5 Å². The Labute approximate surface area is 247 Å². The second-order valence-corrected chi connectivity index (χ2v) is 10.7. The van der Waals surface area contributed by atoms with Gasteiger partial charge >= 0.3 is 0 Å². The summed E-state index contributed by atoms with van der Waals surface area (Å²) in [6.07, 6.45) is 2.93. The summed E-state index contributed by atoms with van der Waals surface area (Å²) in [5.74, 6) is -0.329. The number of ether oxygens (including phenoxy) is 1. The standard InChI is InChI=1S/C31H28ClN3O5S/c1-19-15-26(28(39-3)18-25(19)32)34-29(36)20(2)41-24-13-7-11-22(16-24)33-31(38)27(17-23-12-8-14-40-23)35-30(37)21-9-5-4-6-10-21/h4-18,20H,1-3H3,(H,33,38)(H,34,36)(H,35,37)/b27-17-. The summed E-state index contributed by atoms with van der Waals surface area (Å²) in [6, 6.07) is 22.4. The van der Waals surface area contributed by atoms with Crippen LogP contribution in [0.25, 0.3) is 6.08 Å². The van der Waals surface area contributed by atoms with Crippen molar-refractivity contribution in [3.05, 3.63) is 113 Å². The molecule has 1 aromatic heterocycles. The van der Waals surface area contributed by atoms with Crippen molar-refractivity contribution < 1.29 is 23.5 Å². The number of benzene rings is 3. The molecule has 0 aliphatic rings. The molecule has 0 spiro atoms. The highest BCUT2D eigenvalue weighted by Gasteiger charge is 2.19. The Morgan fingerprint density at radius 3 is 2.46 bits per heavy atom. The van der Waals surface area contributed by atoms with Crippen molar-refractivity contribution in [1.29, 1.82) is 0 Å². The molecule has 0 saturated carbocycles. The zero-order chi connectivity index (χ0) is 29.4. The molecule has 0 saturated heterocycles. The summed E-state index contributed by atoms with van der Waals surface area (Å²) < 4.78 is 10.7. The quantitative estimate of drug-likeness (QED) is 0.139. The normalized spacial score (nSPS) is 11.9. The van der Waals surface area contributed by atoms with E-state index in [1.165, 1.54) is 31.2 Å². The molecule has 3 amide bonds. The molecular formula is C31H28ClN3O5S. The van der Waals surface area contributed by atoms with E-state index in [-0.39, 0.29) is 11.6 Å². The molecule has 4 rings (SSSR count). The summed E-state index contributed by atoms with van der Waals surface area (Å²) >= 11 is 7.50. The number of nitrogens with one attached hydrogen (secondary N) is 3. The van der Waals surface area contributed by atoms with Crippen LogP contribution in [-0.4, -0.2) is 30.1 Å². The van der Waals surface area contributed by atoms with E-state index >= 15 is 0 Å². The van der Waals surface area contributed by atoms with Crippen LogP contribution >= 0.6 is 23.4 Å². The summed E-state index contributed by atoms with van der Waals surface area (Å²) in [7, 11) is 1.51. The molecule has 0 bridgehead atoms. The van der Waals surface area contributed by atoms with Gasteiger partial charge in [-0.1, -0.05) is 35.9 Å². The monoisotopic (exact) mass is 589 g/mol. The topological polar surface area (TPSA) is 110 Å². The Bertz CT molecular complexity index is 1570. The van der Waals surface area contributed by atoms with Gasteiger partial charge in [-0.3, -0.25) is 14.4 Å². The number of methoxy groups -OCH3 is 1. The van der Waals surface area contributed by atoms with Crippen molar-refractivity contribution in [3.8, 4) is 5.75 Å². The van der Waals surface area contributed by atoms with Gasteiger partial charge in [0.2, 0.25) is 5.91 Å². The molecule has 41 heavy (non-hydrogen) atoms. The lowest BCUT2D eigenvalue weighted by molar-refractivity contribution is -0.115. The van der Waals surface area contributed by atoms with Gasteiger partial charge in [-0.15, -0.1) is 11.8 Å². The highest BCUT2D eigenvalue weighted by atomic mass is 35.5. The minimum absolute atomic E-state index is 0.00631. The zero-order valence-corrected chi connectivity index (χ0v) is 24.1. The first-order valence-electron chi connectivity index (χ1n) is 12.6. The molecule has 1 atom stereocenters. The molecule has 0 aliphatic heterocycles. The fourth-order valence-electron chi connectivity index (χ4n) is 3.73. The summed E-state index contributed by atoms with van der Waals surface area (Å²) in [4.78, 5) is 39.7. The molecule has 0 radical (unpaired) electrons. The lowest BCUT2D eigenvalue weighted by Crippen LogP contribution is -2.30. The van der Waals surface area contributed by atoms with Gasteiger partial charge in [0, 0.05) is 33.3 Å². The first-order chi connectivity index (χ1) is 19.7.